The second-order valence-corrected chi connectivity index (χ2v) is 6.65. The van der Waals surface area contributed by atoms with Crippen molar-refractivity contribution in [3.8, 4) is 5.69 Å². The zero-order valence-electron chi connectivity index (χ0n) is 16.5. The van der Waals surface area contributed by atoms with Crippen molar-refractivity contribution in [2.24, 2.45) is 5.10 Å². The van der Waals surface area contributed by atoms with Gasteiger partial charge in [-0.1, -0.05) is 31.2 Å². The Morgan fingerprint density at radius 3 is 2.66 bits per heavy atom. The van der Waals surface area contributed by atoms with Gasteiger partial charge in [0.15, 0.2) is 0 Å². The van der Waals surface area contributed by atoms with Crippen LogP contribution in [0, 0.1) is 24.0 Å². The first-order chi connectivity index (χ1) is 13.9. The number of carbonyl (C=O) groups is 1. The standard InChI is InChI=1S/C22H22N4O3/c1-4-17-8-5-6-11-21(17)25-15(2)12-19(16(25)3)14-23-24-22(27)18-9-7-10-20(13-18)26(28)29/h5-14H,4H2,1-3H3,(H,24,27)/b23-14-. The van der Waals surface area contributed by atoms with Crippen molar-refractivity contribution < 1.29 is 9.72 Å². The highest BCUT2D eigenvalue weighted by atomic mass is 16.6. The number of nitrogens with one attached hydrogen (secondary N) is 1. The molecular weight excluding hydrogens is 368 g/mol. The monoisotopic (exact) mass is 390 g/mol. The predicted molar refractivity (Wildman–Crippen MR) is 113 cm³/mol. The van der Waals surface area contributed by atoms with Gasteiger partial charge in [0, 0.05) is 40.3 Å². The maximum absolute atomic E-state index is 12.2. The summed E-state index contributed by atoms with van der Waals surface area (Å²) in [5, 5.41) is 14.9. The Bertz CT molecular complexity index is 1100. The first kappa shape index (κ1) is 20.0. The second kappa shape index (κ2) is 8.52. The molecule has 0 fully saturated rings. The summed E-state index contributed by atoms with van der Waals surface area (Å²) in [6, 6.07) is 15.8. The topological polar surface area (TPSA) is 89.5 Å². The fraction of sp³-hybridized carbons (Fsp3) is 0.182. The fourth-order valence-electron chi connectivity index (χ4n) is 3.30. The highest BCUT2D eigenvalue weighted by Crippen LogP contribution is 2.23. The molecule has 148 valence electrons. The molecule has 0 aliphatic carbocycles. The highest BCUT2D eigenvalue weighted by Gasteiger charge is 2.13. The minimum absolute atomic E-state index is 0.139. The van der Waals surface area contributed by atoms with Crippen LogP contribution in [0.2, 0.25) is 0 Å². The highest BCUT2D eigenvalue weighted by molar-refractivity contribution is 5.95. The van der Waals surface area contributed by atoms with Crippen LogP contribution in [0.4, 0.5) is 5.69 Å². The molecule has 1 heterocycles. The number of rotatable bonds is 6. The van der Waals surface area contributed by atoms with Crippen LogP contribution >= 0.6 is 0 Å². The number of para-hydroxylation sites is 1. The quantitative estimate of drug-likeness (QED) is 0.386. The lowest BCUT2D eigenvalue weighted by molar-refractivity contribution is -0.384. The van der Waals surface area contributed by atoms with Crippen molar-refractivity contribution in [1.82, 2.24) is 9.99 Å². The van der Waals surface area contributed by atoms with Gasteiger partial charge < -0.3 is 4.57 Å². The normalized spacial score (nSPS) is 11.0. The number of nitro benzene ring substituents is 1. The molecule has 0 bridgehead atoms. The number of carbonyl (C=O) groups excluding carboxylic acids is 1. The molecule has 0 radical (unpaired) electrons. The third kappa shape index (κ3) is 4.24. The zero-order chi connectivity index (χ0) is 21.0. The molecule has 0 spiro atoms. The largest absolute Gasteiger partial charge is 0.318 e. The van der Waals surface area contributed by atoms with Gasteiger partial charge in [0.1, 0.15) is 0 Å². The Labute approximate surface area is 168 Å². The maximum atomic E-state index is 12.2. The molecule has 1 aromatic heterocycles. The van der Waals surface area contributed by atoms with E-state index >= 15 is 0 Å². The Morgan fingerprint density at radius 1 is 1.17 bits per heavy atom. The SMILES string of the molecule is CCc1ccccc1-n1c(C)cc(/C=N\NC(=O)c2cccc([N+](=O)[O-])c2)c1C. The van der Waals surface area contributed by atoms with Crippen LogP contribution in [0.15, 0.2) is 59.7 Å². The van der Waals surface area contributed by atoms with E-state index in [1.54, 1.807) is 6.21 Å². The molecule has 2 aromatic carbocycles. The minimum Gasteiger partial charge on any atom is -0.318 e. The summed E-state index contributed by atoms with van der Waals surface area (Å²) in [4.78, 5) is 22.5. The van der Waals surface area contributed by atoms with Gasteiger partial charge in [0.25, 0.3) is 11.6 Å². The maximum Gasteiger partial charge on any atom is 0.271 e. The predicted octanol–water partition coefficient (Wildman–Crippen LogP) is 4.33. The number of aryl methyl sites for hydroxylation is 2. The van der Waals surface area contributed by atoms with Crippen molar-refractivity contribution in [2.75, 3.05) is 0 Å². The Kier molecular flexibility index (Phi) is 5.87. The van der Waals surface area contributed by atoms with E-state index in [1.807, 2.05) is 32.0 Å². The lowest BCUT2D eigenvalue weighted by atomic mass is 10.1. The molecule has 0 saturated heterocycles. The summed E-state index contributed by atoms with van der Waals surface area (Å²) in [6.45, 7) is 6.15. The van der Waals surface area contributed by atoms with Gasteiger partial charge in [-0.2, -0.15) is 5.10 Å². The Morgan fingerprint density at radius 2 is 1.93 bits per heavy atom. The summed E-state index contributed by atoms with van der Waals surface area (Å²) in [6.07, 6.45) is 2.51. The third-order valence-corrected chi connectivity index (χ3v) is 4.77. The first-order valence-electron chi connectivity index (χ1n) is 9.27. The van der Waals surface area contributed by atoms with E-state index < -0.39 is 10.8 Å². The van der Waals surface area contributed by atoms with Crippen LogP contribution in [0.5, 0.6) is 0 Å². The molecule has 0 aliphatic rings. The van der Waals surface area contributed by atoms with Crippen LogP contribution in [-0.4, -0.2) is 21.6 Å². The van der Waals surface area contributed by atoms with Crippen molar-refractivity contribution in [3.05, 3.63) is 92.8 Å². The van der Waals surface area contributed by atoms with Gasteiger partial charge >= 0.3 is 0 Å². The summed E-state index contributed by atoms with van der Waals surface area (Å²) in [5.41, 5.74) is 7.81. The number of nitro groups is 1. The number of hydrogen-bond acceptors (Lipinski definition) is 4. The number of hydrazone groups is 1. The van der Waals surface area contributed by atoms with Gasteiger partial charge in [-0.3, -0.25) is 14.9 Å². The van der Waals surface area contributed by atoms with E-state index in [0.29, 0.717) is 0 Å². The molecule has 0 aliphatic heterocycles. The number of benzene rings is 2. The Hall–Kier alpha value is -3.74. The summed E-state index contributed by atoms with van der Waals surface area (Å²) >= 11 is 0. The van der Waals surface area contributed by atoms with E-state index in [1.165, 1.54) is 29.8 Å². The molecule has 1 amide bonds. The smallest absolute Gasteiger partial charge is 0.271 e. The Balaban J connectivity index is 1.81. The van der Waals surface area contributed by atoms with Gasteiger partial charge in [-0.05, 0) is 44.0 Å². The number of amides is 1. The van der Waals surface area contributed by atoms with Gasteiger partial charge in [0.2, 0.25) is 0 Å². The summed E-state index contributed by atoms with van der Waals surface area (Å²) in [7, 11) is 0. The van der Waals surface area contributed by atoms with E-state index in [2.05, 4.69) is 34.2 Å². The van der Waals surface area contributed by atoms with Crippen LogP contribution in [-0.2, 0) is 6.42 Å². The van der Waals surface area contributed by atoms with Crippen molar-refractivity contribution in [2.45, 2.75) is 27.2 Å². The van der Waals surface area contributed by atoms with Crippen molar-refractivity contribution in [3.63, 3.8) is 0 Å². The van der Waals surface area contributed by atoms with Gasteiger partial charge in [0.05, 0.1) is 11.1 Å². The molecule has 0 unspecified atom stereocenters. The molecule has 7 heteroatoms. The van der Waals surface area contributed by atoms with Crippen LogP contribution < -0.4 is 5.43 Å². The molecule has 0 saturated carbocycles. The van der Waals surface area contributed by atoms with E-state index in [4.69, 9.17) is 0 Å². The van der Waals surface area contributed by atoms with Crippen LogP contribution in [0.1, 0.15) is 39.8 Å². The average molecular weight is 390 g/mol. The molecular formula is C22H22N4O3. The summed E-state index contributed by atoms with van der Waals surface area (Å²) < 4.78 is 2.17. The number of hydrogen-bond donors (Lipinski definition) is 1. The molecule has 1 N–H and O–H groups in total. The summed E-state index contributed by atoms with van der Waals surface area (Å²) in [5.74, 6) is -0.505. The number of non-ortho nitro benzene ring substituents is 1. The molecule has 3 rings (SSSR count). The van der Waals surface area contributed by atoms with Gasteiger partial charge in [-0.25, -0.2) is 5.43 Å². The van der Waals surface area contributed by atoms with E-state index in [0.717, 1.165) is 29.1 Å². The number of aromatic nitrogens is 1. The number of nitrogens with zero attached hydrogens (tertiary/aromatic N) is 3. The molecule has 3 aromatic rings. The zero-order valence-corrected chi connectivity index (χ0v) is 16.5. The lowest BCUT2D eigenvalue weighted by Gasteiger charge is -2.13. The van der Waals surface area contributed by atoms with Gasteiger partial charge in [-0.15, -0.1) is 0 Å². The van der Waals surface area contributed by atoms with E-state index in [-0.39, 0.29) is 11.3 Å². The first-order valence-corrected chi connectivity index (χ1v) is 9.27. The van der Waals surface area contributed by atoms with Crippen molar-refractivity contribution in [1.29, 1.82) is 0 Å². The van der Waals surface area contributed by atoms with Crippen LogP contribution in [0.3, 0.4) is 0 Å². The third-order valence-electron chi connectivity index (χ3n) is 4.77. The fourth-order valence-corrected chi connectivity index (χ4v) is 3.30. The average Bonchev–Trinajstić information content (AvgIpc) is 3.01. The molecule has 7 nitrogen and oxygen atoms in total. The molecule has 29 heavy (non-hydrogen) atoms. The van der Waals surface area contributed by atoms with Crippen LogP contribution in [0.25, 0.3) is 5.69 Å². The molecule has 0 atom stereocenters. The lowest BCUT2D eigenvalue weighted by Crippen LogP contribution is -2.17. The van der Waals surface area contributed by atoms with E-state index in [9.17, 15) is 14.9 Å². The van der Waals surface area contributed by atoms with Crippen molar-refractivity contribution >= 4 is 17.8 Å². The minimum atomic E-state index is -0.539. The second-order valence-electron chi connectivity index (χ2n) is 6.65.